The van der Waals surface area contributed by atoms with Gasteiger partial charge in [0.2, 0.25) is 0 Å². The second-order valence-electron chi connectivity index (χ2n) is 5.87. The lowest BCUT2D eigenvalue weighted by molar-refractivity contribution is -0.136. The van der Waals surface area contributed by atoms with Gasteiger partial charge in [0.05, 0.1) is 12.7 Å². The van der Waals surface area contributed by atoms with Crippen LogP contribution in [-0.2, 0) is 9.53 Å². The number of methoxy groups -OCH3 is 1. The minimum atomic E-state index is -1.02. The predicted octanol–water partition coefficient (Wildman–Crippen LogP) is 2.85. The molecule has 7 nitrogen and oxygen atoms in total. The number of rotatable bonds is 5. The van der Waals surface area contributed by atoms with Crippen LogP contribution in [-0.4, -0.2) is 36.6 Å². The van der Waals surface area contributed by atoms with Gasteiger partial charge in [-0.3, -0.25) is 0 Å². The van der Waals surface area contributed by atoms with Crippen LogP contribution in [0.15, 0.2) is 35.5 Å². The fourth-order valence-corrected chi connectivity index (χ4v) is 2.74. The molecule has 1 aliphatic rings. The van der Waals surface area contributed by atoms with Gasteiger partial charge in [-0.15, -0.1) is 0 Å². The van der Waals surface area contributed by atoms with E-state index in [1.54, 1.807) is 6.92 Å². The average molecular weight is 363 g/mol. The molecule has 1 unspecified atom stereocenters. The molecule has 8 heteroatoms. The zero-order chi connectivity index (χ0) is 19.3. The van der Waals surface area contributed by atoms with Gasteiger partial charge in [-0.1, -0.05) is 25.5 Å². The van der Waals surface area contributed by atoms with E-state index in [2.05, 4.69) is 10.6 Å². The van der Waals surface area contributed by atoms with Crippen LogP contribution in [0.3, 0.4) is 0 Å². The number of allylic oxidation sites excluding steroid dienone is 1. The van der Waals surface area contributed by atoms with Crippen LogP contribution in [0.5, 0.6) is 0 Å². The van der Waals surface area contributed by atoms with Gasteiger partial charge >= 0.3 is 18.0 Å². The van der Waals surface area contributed by atoms with Gasteiger partial charge in [-0.05, 0) is 31.0 Å². The number of amides is 4. The number of benzene rings is 1. The second-order valence-corrected chi connectivity index (χ2v) is 5.87. The summed E-state index contributed by atoms with van der Waals surface area (Å²) in [5.41, 5.74) is 0.824. The largest absolute Gasteiger partial charge is 0.466 e. The molecule has 140 valence electrons. The summed E-state index contributed by atoms with van der Waals surface area (Å²) in [5, 5.41) is 5.17. The number of nitrogens with one attached hydrogen (secondary N) is 2. The van der Waals surface area contributed by atoms with Gasteiger partial charge in [-0.2, -0.15) is 0 Å². The van der Waals surface area contributed by atoms with Crippen LogP contribution in [0.4, 0.5) is 14.0 Å². The van der Waals surface area contributed by atoms with Crippen molar-refractivity contribution in [2.75, 3.05) is 13.7 Å². The highest BCUT2D eigenvalue weighted by molar-refractivity contribution is 6.01. The fraction of sp³-hybridized carbons (Fsp3) is 0.389. The average Bonchev–Trinajstić information content (AvgIpc) is 2.61. The number of urea groups is 2. The van der Waals surface area contributed by atoms with E-state index in [0.29, 0.717) is 12.1 Å². The van der Waals surface area contributed by atoms with Gasteiger partial charge in [0.25, 0.3) is 0 Å². The minimum Gasteiger partial charge on any atom is -0.466 e. The Hall–Kier alpha value is -2.90. The van der Waals surface area contributed by atoms with Crippen molar-refractivity contribution in [3.63, 3.8) is 0 Å². The van der Waals surface area contributed by atoms with E-state index in [0.717, 1.165) is 17.7 Å². The summed E-state index contributed by atoms with van der Waals surface area (Å²) in [7, 11) is 1.21. The maximum absolute atomic E-state index is 13.3. The van der Waals surface area contributed by atoms with Crippen molar-refractivity contribution < 1.29 is 23.5 Å². The second kappa shape index (κ2) is 8.46. The van der Waals surface area contributed by atoms with Gasteiger partial charge in [0.1, 0.15) is 11.9 Å². The Bertz CT molecular complexity index is 730. The lowest BCUT2D eigenvalue weighted by atomic mass is 9.94. The molecule has 1 aliphatic heterocycles. The molecule has 0 aliphatic carbocycles. The van der Waals surface area contributed by atoms with Crippen molar-refractivity contribution >= 4 is 18.0 Å². The Morgan fingerprint density at radius 1 is 1.31 bits per heavy atom. The number of imide groups is 1. The summed E-state index contributed by atoms with van der Waals surface area (Å²) in [4.78, 5) is 38.3. The van der Waals surface area contributed by atoms with Crippen molar-refractivity contribution in [1.29, 1.82) is 0 Å². The number of carbonyl (C=O) groups excluding carboxylic acids is 3. The first-order chi connectivity index (χ1) is 12.4. The van der Waals surface area contributed by atoms with Gasteiger partial charge < -0.3 is 15.4 Å². The highest BCUT2D eigenvalue weighted by Gasteiger charge is 2.41. The predicted molar refractivity (Wildman–Crippen MR) is 92.5 cm³/mol. The molecule has 0 saturated carbocycles. The topological polar surface area (TPSA) is 87.7 Å². The molecule has 1 atom stereocenters. The van der Waals surface area contributed by atoms with Gasteiger partial charge in [0, 0.05) is 12.2 Å². The van der Waals surface area contributed by atoms with E-state index in [9.17, 15) is 18.8 Å². The third-order valence-corrected chi connectivity index (χ3v) is 4.07. The maximum atomic E-state index is 13.3. The normalized spacial score (nSPS) is 17.0. The Labute approximate surface area is 151 Å². The molecule has 1 aromatic carbocycles. The molecular formula is C18H22FN3O4. The molecule has 2 N–H and O–H groups in total. The Morgan fingerprint density at radius 2 is 1.96 bits per heavy atom. The van der Waals surface area contributed by atoms with E-state index in [1.807, 2.05) is 6.92 Å². The van der Waals surface area contributed by atoms with Gasteiger partial charge in [0.15, 0.2) is 0 Å². The zero-order valence-electron chi connectivity index (χ0n) is 15.0. The molecule has 0 bridgehead atoms. The minimum absolute atomic E-state index is 0.115. The van der Waals surface area contributed by atoms with Crippen molar-refractivity contribution in [3.05, 3.63) is 46.9 Å². The Morgan fingerprint density at radius 3 is 2.54 bits per heavy atom. The SMILES string of the molecule is CCCCNC(=O)N1C(=O)NC(C)=C(C(=O)OC)C1c1ccc(F)cc1. The first kappa shape index (κ1) is 19.4. The Kier molecular flexibility index (Phi) is 6.32. The fourth-order valence-electron chi connectivity index (χ4n) is 2.74. The molecule has 0 aromatic heterocycles. The number of unbranched alkanes of at least 4 members (excludes halogenated alkanes) is 1. The molecule has 0 radical (unpaired) electrons. The number of nitrogens with zero attached hydrogens (tertiary/aromatic N) is 1. The number of halogens is 1. The van der Waals surface area contributed by atoms with E-state index < -0.39 is 29.9 Å². The standard InChI is InChI=1S/C18H22FN3O4/c1-4-5-10-20-17(24)22-15(12-6-8-13(19)9-7-12)14(16(23)26-3)11(2)21-18(22)25/h6-9,15H,4-5,10H2,1-3H3,(H,20,24)(H,21,25). The summed E-state index contributed by atoms with van der Waals surface area (Å²) in [6, 6.07) is 2.96. The van der Waals surface area contributed by atoms with Crippen LogP contribution in [0.1, 0.15) is 38.3 Å². The molecule has 0 fully saturated rings. The smallest absolute Gasteiger partial charge is 0.337 e. The molecule has 0 saturated heterocycles. The third kappa shape index (κ3) is 4.01. The summed E-state index contributed by atoms with van der Waals surface area (Å²) < 4.78 is 18.1. The van der Waals surface area contributed by atoms with Crippen LogP contribution in [0, 0.1) is 5.82 Å². The van der Waals surface area contributed by atoms with E-state index >= 15 is 0 Å². The number of ether oxygens (including phenoxy) is 1. The summed E-state index contributed by atoms with van der Waals surface area (Å²) >= 11 is 0. The summed E-state index contributed by atoms with van der Waals surface area (Å²) in [5.74, 6) is -1.14. The van der Waals surface area contributed by atoms with Crippen LogP contribution in [0.25, 0.3) is 0 Å². The number of hydrogen-bond donors (Lipinski definition) is 2. The molecule has 1 heterocycles. The first-order valence-electron chi connectivity index (χ1n) is 8.33. The lowest BCUT2D eigenvalue weighted by Crippen LogP contribution is -2.54. The summed E-state index contributed by atoms with van der Waals surface area (Å²) in [6.45, 7) is 3.92. The monoisotopic (exact) mass is 363 g/mol. The maximum Gasteiger partial charge on any atom is 0.337 e. The van der Waals surface area contributed by atoms with Crippen LogP contribution < -0.4 is 10.6 Å². The third-order valence-electron chi connectivity index (χ3n) is 4.07. The van der Waals surface area contributed by atoms with Crippen molar-refractivity contribution in [3.8, 4) is 0 Å². The number of carbonyl (C=O) groups is 3. The highest BCUT2D eigenvalue weighted by Crippen LogP contribution is 2.34. The van der Waals surface area contributed by atoms with E-state index in [4.69, 9.17) is 4.74 Å². The molecule has 1 aromatic rings. The van der Waals surface area contributed by atoms with Gasteiger partial charge in [-0.25, -0.2) is 23.7 Å². The lowest BCUT2D eigenvalue weighted by Gasteiger charge is -2.36. The van der Waals surface area contributed by atoms with Crippen molar-refractivity contribution in [1.82, 2.24) is 15.5 Å². The Balaban J connectivity index is 2.49. The first-order valence-corrected chi connectivity index (χ1v) is 8.33. The van der Waals surface area contributed by atoms with E-state index in [1.165, 1.54) is 31.4 Å². The molecule has 2 rings (SSSR count). The van der Waals surface area contributed by atoms with Crippen LogP contribution in [0.2, 0.25) is 0 Å². The quantitative estimate of drug-likeness (QED) is 0.622. The molecule has 26 heavy (non-hydrogen) atoms. The molecule has 0 spiro atoms. The highest BCUT2D eigenvalue weighted by atomic mass is 19.1. The zero-order valence-corrected chi connectivity index (χ0v) is 15.0. The molecule has 4 amide bonds. The van der Waals surface area contributed by atoms with Crippen LogP contribution >= 0.6 is 0 Å². The number of esters is 1. The molecular weight excluding hydrogens is 341 g/mol. The van der Waals surface area contributed by atoms with Crippen molar-refractivity contribution in [2.45, 2.75) is 32.7 Å². The van der Waals surface area contributed by atoms with Crippen molar-refractivity contribution in [2.24, 2.45) is 0 Å². The van der Waals surface area contributed by atoms with E-state index in [-0.39, 0.29) is 11.3 Å². The number of hydrogen-bond acceptors (Lipinski definition) is 4. The summed E-state index contributed by atoms with van der Waals surface area (Å²) in [6.07, 6.45) is 1.63.